The van der Waals surface area contributed by atoms with Crippen LogP contribution in [0.2, 0.25) is 0 Å². The Labute approximate surface area is 323 Å². The number of fused-ring (bicyclic) bond motifs is 2. The standard InChI is InChI=1S/C40H53N5O9S/c1-7-51-39(47)22-34(30-19-35-40(37(20-30)50-6)43(5)42-41-35)29-9-8-26(2)31(18-29)25-45-24-28(4)54-36-21-33(10-11-38(36)55(45,48)49)53-17-16-52-32-12-14-44(15-13-32)23-27(3)46/h8-11,18-21,27-28,32,34,46H,7,12-17,22-25H2,1-6H3/t27?,28-,34?/m1/s1. The van der Waals surface area contributed by atoms with Crippen LogP contribution in [0.5, 0.6) is 17.2 Å². The minimum absolute atomic E-state index is 0.0617. The van der Waals surface area contributed by atoms with Gasteiger partial charge in [-0.1, -0.05) is 23.4 Å². The molecule has 298 valence electrons. The van der Waals surface area contributed by atoms with Crippen LogP contribution in [-0.2, 0) is 37.9 Å². The number of aryl methyl sites for hydroxylation is 2. The van der Waals surface area contributed by atoms with Crippen LogP contribution in [0.25, 0.3) is 11.0 Å². The Hall–Kier alpha value is -4.28. The van der Waals surface area contributed by atoms with Crippen LogP contribution < -0.4 is 14.2 Å². The van der Waals surface area contributed by atoms with Gasteiger partial charge in [-0.3, -0.25) is 4.79 Å². The number of hydrogen-bond acceptors (Lipinski definition) is 12. The first-order valence-electron chi connectivity index (χ1n) is 18.9. The molecule has 2 unspecified atom stereocenters. The molecule has 14 nitrogen and oxygen atoms in total. The van der Waals surface area contributed by atoms with Crippen molar-refractivity contribution in [3.63, 3.8) is 0 Å². The predicted molar refractivity (Wildman–Crippen MR) is 206 cm³/mol. The van der Waals surface area contributed by atoms with E-state index in [0.717, 1.165) is 53.7 Å². The number of hydrogen-bond donors (Lipinski definition) is 1. The van der Waals surface area contributed by atoms with Crippen molar-refractivity contribution in [2.75, 3.05) is 53.1 Å². The molecule has 3 atom stereocenters. The van der Waals surface area contributed by atoms with Crippen LogP contribution in [-0.4, -0.2) is 115 Å². The van der Waals surface area contributed by atoms with Crippen molar-refractivity contribution in [3.8, 4) is 17.2 Å². The topological polar surface area (TPSA) is 155 Å². The Morgan fingerprint density at radius 3 is 2.58 bits per heavy atom. The van der Waals surface area contributed by atoms with E-state index in [9.17, 15) is 18.3 Å². The summed E-state index contributed by atoms with van der Waals surface area (Å²) in [7, 11) is -0.607. The van der Waals surface area contributed by atoms with E-state index in [1.165, 1.54) is 4.31 Å². The molecule has 2 aliphatic heterocycles. The van der Waals surface area contributed by atoms with Crippen LogP contribution in [0.4, 0.5) is 0 Å². The van der Waals surface area contributed by atoms with Gasteiger partial charge in [0, 0.05) is 45.2 Å². The summed E-state index contributed by atoms with van der Waals surface area (Å²) in [5.41, 5.74) is 4.69. The Balaban J connectivity index is 1.18. The average Bonchev–Trinajstić information content (AvgIpc) is 3.49. The maximum Gasteiger partial charge on any atom is 0.306 e. The highest BCUT2D eigenvalue weighted by Gasteiger charge is 2.34. The van der Waals surface area contributed by atoms with E-state index in [1.807, 2.05) is 44.2 Å². The minimum Gasteiger partial charge on any atom is -0.494 e. The molecular weight excluding hydrogens is 727 g/mol. The number of β-amino-alcohol motifs (C(OH)–C–C–N with tert-alkyl or cyclic N) is 1. The van der Waals surface area contributed by atoms with Crippen molar-refractivity contribution in [1.82, 2.24) is 24.2 Å². The molecule has 0 saturated carbocycles. The van der Waals surface area contributed by atoms with Crippen molar-refractivity contribution in [3.05, 3.63) is 70.8 Å². The largest absolute Gasteiger partial charge is 0.494 e. The number of benzene rings is 3. The van der Waals surface area contributed by atoms with Gasteiger partial charge in [0.2, 0.25) is 10.0 Å². The van der Waals surface area contributed by atoms with Crippen LogP contribution in [0, 0.1) is 6.92 Å². The van der Waals surface area contributed by atoms with E-state index in [0.29, 0.717) is 36.8 Å². The van der Waals surface area contributed by atoms with Gasteiger partial charge in [-0.05, 0) is 87.1 Å². The highest BCUT2D eigenvalue weighted by Crippen LogP contribution is 2.38. The van der Waals surface area contributed by atoms with E-state index < -0.39 is 22.0 Å². The summed E-state index contributed by atoms with van der Waals surface area (Å²) < 4.78 is 60.9. The molecular formula is C40H53N5O9S. The third kappa shape index (κ3) is 9.58. The van der Waals surface area contributed by atoms with Gasteiger partial charge in [0.1, 0.15) is 45.9 Å². The van der Waals surface area contributed by atoms with Gasteiger partial charge in [-0.25, -0.2) is 13.1 Å². The molecule has 3 aromatic carbocycles. The van der Waals surface area contributed by atoms with Crippen LogP contribution in [0.1, 0.15) is 68.2 Å². The molecule has 0 radical (unpaired) electrons. The molecule has 55 heavy (non-hydrogen) atoms. The molecule has 0 aliphatic carbocycles. The van der Waals surface area contributed by atoms with Crippen LogP contribution in [0.3, 0.4) is 0 Å². The summed E-state index contributed by atoms with van der Waals surface area (Å²) in [5, 5.41) is 18.1. The lowest BCUT2D eigenvalue weighted by atomic mass is 9.86. The normalized spacial score (nSPS) is 18.9. The van der Waals surface area contributed by atoms with E-state index in [2.05, 4.69) is 15.2 Å². The van der Waals surface area contributed by atoms with Crippen molar-refractivity contribution in [1.29, 1.82) is 0 Å². The number of esters is 1. The van der Waals surface area contributed by atoms with Crippen molar-refractivity contribution < 1.29 is 42.0 Å². The number of carbonyl (C=O) groups excluding carboxylic acids is 1. The number of carbonyl (C=O) groups is 1. The van der Waals surface area contributed by atoms with E-state index in [-0.39, 0.29) is 54.9 Å². The lowest BCUT2D eigenvalue weighted by molar-refractivity contribution is -0.143. The first-order chi connectivity index (χ1) is 26.4. The zero-order valence-corrected chi connectivity index (χ0v) is 33.4. The van der Waals surface area contributed by atoms with Gasteiger partial charge >= 0.3 is 5.97 Å². The lowest BCUT2D eigenvalue weighted by Crippen LogP contribution is -2.40. The first-order valence-corrected chi connectivity index (χ1v) is 20.4. The van der Waals surface area contributed by atoms with E-state index >= 15 is 0 Å². The number of aliphatic hydroxyl groups is 1. The number of piperidine rings is 1. The molecule has 1 fully saturated rings. The summed E-state index contributed by atoms with van der Waals surface area (Å²) in [6.07, 6.45) is 1.22. The van der Waals surface area contributed by atoms with E-state index in [1.54, 1.807) is 50.9 Å². The first kappa shape index (κ1) is 40.4. The zero-order valence-electron chi connectivity index (χ0n) is 32.6. The molecule has 0 amide bonds. The number of rotatable bonds is 15. The molecule has 15 heteroatoms. The second kappa shape index (κ2) is 17.7. The summed E-state index contributed by atoms with van der Waals surface area (Å²) in [6, 6.07) is 14.5. The summed E-state index contributed by atoms with van der Waals surface area (Å²) in [4.78, 5) is 15.3. The van der Waals surface area contributed by atoms with Gasteiger partial charge in [0.15, 0.2) is 0 Å². The second-order valence-electron chi connectivity index (χ2n) is 14.5. The molecule has 1 saturated heterocycles. The lowest BCUT2D eigenvalue weighted by Gasteiger charge is -2.32. The van der Waals surface area contributed by atoms with E-state index in [4.69, 9.17) is 23.7 Å². The Morgan fingerprint density at radius 2 is 1.85 bits per heavy atom. The number of nitrogens with zero attached hydrogens (tertiary/aromatic N) is 5. The van der Waals surface area contributed by atoms with Crippen molar-refractivity contribution in [2.24, 2.45) is 7.05 Å². The summed E-state index contributed by atoms with van der Waals surface area (Å²) >= 11 is 0. The third-order valence-corrected chi connectivity index (χ3v) is 12.0. The average molecular weight is 780 g/mol. The number of aromatic nitrogens is 3. The molecule has 1 N–H and O–H groups in total. The van der Waals surface area contributed by atoms with Gasteiger partial charge in [-0.15, -0.1) is 5.10 Å². The van der Waals surface area contributed by atoms with Gasteiger partial charge in [0.25, 0.3) is 0 Å². The van der Waals surface area contributed by atoms with Crippen molar-refractivity contribution >= 4 is 27.0 Å². The highest BCUT2D eigenvalue weighted by molar-refractivity contribution is 7.89. The minimum atomic E-state index is -3.98. The third-order valence-electron chi connectivity index (χ3n) is 10.2. The van der Waals surface area contributed by atoms with Gasteiger partial charge in [-0.2, -0.15) is 4.31 Å². The Bertz CT molecular complexity index is 2060. The molecule has 0 bridgehead atoms. The molecule has 1 aromatic heterocycles. The zero-order chi connectivity index (χ0) is 39.3. The fourth-order valence-corrected chi connectivity index (χ4v) is 9.03. The highest BCUT2D eigenvalue weighted by atomic mass is 32.2. The number of likely N-dealkylation sites (tertiary alicyclic amines) is 1. The molecule has 2 aliphatic rings. The maximum atomic E-state index is 14.2. The number of methoxy groups -OCH3 is 1. The molecule has 4 aromatic rings. The summed E-state index contributed by atoms with van der Waals surface area (Å²) in [6.45, 7) is 11.0. The van der Waals surface area contributed by atoms with Gasteiger partial charge in [0.05, 0.1) is 45.5 Å². The monoisotopic (exact) mass is 779 g/mol. The SMILES string of the molecule is CCOC(=O)CC(c1ccc(C)c(CN2C[C@@H](C)Oc3cc(OCCOC4CCN(CC(C)O)CC4)ccc3S2(=O)=O)c1)c1cc(OC)c2c(c1)nnn2C. The smallest absolute Gasteiger partial charge is 0.306 e. The fourth-order valence-electron chi connectivity index (χ4n) is 7.43. The number of ether oxygens (including phenoxy) is 5. The number of sulfonamides is 1. The Morgan fingerprint density at radius 1 is 1.07 bits per heavy atom. The summed E-state index contributed by atoms with van der Waals surface area (Å²) in [5.74, 6) is 0.532. The number of aliphatic hydroxyl groups excluding tert-OH is 1. The Kier molecular flexibility index (Phi) is 13.0. The fraction of sp³-hybridized carbons (Fsp3) is 0.525. The quantitative estimate of drug-likeness (QED) is 0.133. The molecule has 0 spiro atoms. The molecule has 6 rings (SSSR count). The second-order valence-corrected chi connectivity index (χ2v) is 16.4. The predicted octanol–water partition coefficient (Wildman–Crippen LogP) is 4.58. The van der Waals surface area contributed by atoms with Gasteiger partial charge < -0.3 is 33.7 Å². The maximum absolute atomic E-state index is 14.2. The molecule has 3 heterocycles. The van der Waals surface area contributed by atoms with Crippen molar-refractivity contribution in [2.45, 2.75) is 82.6 Å². The van der Waals surface area contributed by atoms with Crippen LogP contribution >= 0.6 is 0 Å². The van der Waals surface area contributed by atoms with Crippen LogP contribution in [0.15, 0.2) is 53.4 Å².